The molecule has 130 valence electrons. The van der Waals surface area contributed by atoms with E-state index in [1.54, 1.807) is 11.8 Å². The van der Waals surface area contributed by atoms with Gasteiger partial charge in [0.15, 0.2) is 5.78 Å². The summed E-state index contributed by atoms with van der Waals surface area (Å²) in [5.41, 5.74) is 0.784. The Labute approximate surface area is 153 Å². The van der Waals surface area contributed by atoms with Gasteiger partial charge in [-0.15, -0.1) is 11.8 Å². The highest BCUT2D eigenvalue weighted by atomic mass is 32.2. The molecule has 3 nitrogen and oxygen atoms in total. The normalized spacial score (nSPS) is 15.1. The number of carbonyl (C=O) groups excluding carboxylic acids is 2. The van der Waals surface area contributed by atoms with Crippen molar-refractivity contribution in [2.45, 2.75) is 24.2 Å². The van der Waals surface area contributed by atoms with E-state index in [0.717, 1.165) is 24.2 Å². The van der Waals surface area contributed by atoms with E-state index in [9.17, 15) is 9.59 Å². The Morgan fingerprint density at radius 2 is 1.52 bits per heavy atom. The average molecular weight is 353 g/mol. The number of hydrogen-bond donors (Lipinski definition) is 0. The SMILES string of the molecule is O=C(c1ccccc1)C1CCN(C(=O)CCSc2ccccc2)CC1. The fraction of sp³-hybridized carbons (Fsp3) is 0.333. The number of benzene rings is 2. The highest BCUT2D eigenvalue weighted by molar-refractivity contribution is 7.99. The smallest absolute Gasteiger partial charge is 0.223 e. The van der Waals surface area contributed by atoms with Gasteiger partial charge in [-0.25, -0.2) is 0 Å². The first kappa shape index (κ1) is 17.7. The largest absolute Gasteiger partial charge is 0.343 e. The Hall–Kier alpha value is -2.07. The van der Waals surface area contributed by atoms with Crippen LogP contribution in [-0.2, 0) is 4.79 Å². The predicted molar refractivity (Wildman–Crippen MR) is 102 cm³/mol. The van der Waals surface area contributed by atoms with Crippen LogP contribution in [0, 0.1) is 5.92 Å². The first-order valence-corrected chi connectivity index (χ1v) is 9.77. The number of likely N-dealkylation sites (tertiary alicyclic amines) is 1. The monoisotopic (exact) mass is 353 g/mol. The van der Waals surface area contributed by atoms with Gasteiger partial charge in [-0.1, -0.05) is 48.5 Å². The molecule has 0 atom stereocenters. The van der Waals surface area contributed by atoms with Gasteiger partial charge in [0.2, 0.25) is 5.91 Å². The zero-order chi connectivity index (χ0) is 17.5. The van der Waals surface area contributed by atoms with Crippen LogP contribution in [0.5, 0.6) is 0 Å². The molecular weight excluding hydrogens is 330 g/mol. The summed E-state index contributed by atoms with van der Waals surface area (Å²) in [5.74, 6) is 1.26. The zero-order valence-electron chi connectivity index (χ0n) is 14.3. The third kappa shape index (κ3) is 4.95. The maximum atomic E-state index is 12.5. The van der Waals surface area contributed by atoms with Crippen molar-refractivity contribution in [1.29, 1.82) is 0 Å². The summed E-state index contributed by atoms with van der Waals surface area (Å²) in [4.78, 5) is 28.0. The van der Waals surface area contributed by atoms with Gasteiger partial charge in [0.05, 0.1) is 0 Å². The van der Waals surface area contributed by atoms with Crippen LogP contribution in [0.4, 0.5) is 0 Å². The Kier molecular flexibility index (Phi) is 6.29. The second-order valence-electron chi connectivity index (χ2n) is 6.30. The zero-order valence-corrected chi connectivity index (χ0v) is 15.1. The minimum atomic E-state index is 0.0464. The molecule has 1 saturated heterocycles. The van der Waals surface area contributed by atoms with Crippen LogP contribution in [0.1, 0.15) is 29.6 Å². The lowest BCUT2D eigenvalue weighted by Gasteiger charge is -2.31. The number of piperidine rings is 1. The molecule has 1 aliphatic rings. The highest BCUT2D eigenvalue weighted by Crippen LogP contribution is 2.23. The summed E-state index contributed by atoms with van der Waals surface area (Å²) in [5, 5.41) is 0. The van der Waals surface area contributed by atoms with E-state index < -0.39 is 0 Å². The van der Waals surface area contributed by atoms with Gasteiger partial charge in [-0.2, -0.15) is 0 Å². The number of hydrogen-bond acceptors (Lipinski definition) is 3. The predicted octanol–water partition coefficient (Wildman–Crippen LogP) is 4.29. The number of rotatable bonds is 6. The average Bonchev–Trinajstić information content (AvgIpc) is 2.69. The van der Waals surface area contributed by atoms with Crippen molar-refractivity contribution in [2.75, 3.05) is 18.8 Å². The summed E-state index contributed by atoms with van der Waals surface area (Å²) in [6.07, 6.45) is 2.09. The Bertz CT molecular complexity index is 694. The Morgan fingerprint density at radius 3 is 2.16 bits per heavy atom. The van der Waals surface area contributed by atoms with Crippen LogP contribution in [-0.4, -0.2) is 35.4 Å². The van der Waals surface area contributed by atoms with Crippen molar-refractivity contribution in [3.8, 4) is 0 Å². The third-order valence-corrected chi connectivity index (χ3v) is 5.62. The van der Waals surface area contributed by atoms with Crippen LogP contribution >= 0.6 is 11.8 Å². The van der Waals surface area contributed by atoms with Gasteiger partial charge in [0.1, 0.15) is 0 Å². The minimum absolute atomic E-state index is 0.0464. The van der Waals surface area contributed by atoms with E-state index in [-0.39, 0.29) is 17.6 Å². The molecule has 1 amide bonds. The lowest BCUT2D eigenvalue weighted by molar-refractivity contribution is -0.131. The molecule has 1 heterocycles. The number of ketones is 1. The molecule has 2 aromatic rings. The van der Waals surface area contributed by atoms with Crippen molar-refractivity contribution < 1.29 is 9.59 Å². The van der Waals surface area contributed by atoms with Gasteiger partial charge >= 0.3 is 0 Å². The topological polar surface area (TPSA) is 37.4 Å². The van der Waals surface area contributed by atoms with E-state index in [1.165, 1.54) is 4.90 Å². The molecule has 0 saturated carbocycles. The lowest BCUT2D eigenvalue weighted by Crippen LogP contribution is -2.40. The molecule has 0 aliphatic carbocycles. The van der Waals surface area contributed by atoms with E-state index >= 15 is 0 Å². The molecule has 0 bridgehead atoms. The molecule has 0 spiro atoms. The van der Waals surface area contributed by atoms with Crippen LogP contribution in [0.15, 0.2) is 65.6 Å². The molecule has 4 heteroatoms. The number of Topliss-reactive ketones (excluding diaryl/α,β-unsaturated/α-hetero) is 1. The maximum absolute atomic E-state index is 12.5. The molecule has 0 unspecified atom stereocenters. The first-order chi connectivity index (χ1) is 12.2. The fourth-order valence-corrected chi connectivity index (χ4v) is 4.02. The summed E-state index contributed by atoms with van der Waals surface area (Å²) in [7, 11) is 0. The summed E-state index contributed by atoms with van der Waals surface area (Å²) >= 11 is 1.71. The second-order valence-corrected chi connectivity index (χ2v) is 7.47. The molecule has 0 radical (unpaired) electrons. The molecule has 1 aliphatic heterocycles. The van der Waals surface area contributed by atoms with Crippen molar-refractivity contribution in [3.63, 3.8) is 0 Å². The first-order valence-electron chi connectivity index (χ1n) is 8.79. The van der Waals surface area contributed by atoms with Gasteiger partial charge in [0.25, 0.3) is 0 Å². The van der Waals surface area contributed by atoms with Crippen molar-refractivity contribution in [1.82, 2.24) is 4.90 Å². The van der Waals surface area contributed by atoms with E-state index in [1.807, 2.05) is 53.4 Å². The number of thioether (sulfide) groups is 1. The van der Waals surface area contributed by atoms with Gasteiger partial charge in [-0.3, -0.25) is 9.59 Å². The maximum Gasteiger partial charge on any atom is 0.223 e. The summed E-state index contributed by atoms with van der Waals surface area (Å²) in [6, 6.07) is 19.6. The quantitative estimate of drug-likeness (QED) is 0.574. The van der Waals surface area contributed by atoms with Gasteiger partial charge in [-0.05, 0) is 25.0 Å². The summed E-state index contributed by atoms with van der Waals surface area (Å²) < 4.78 is 0. The van der Waals surface area contributed by atoms with E-state index in [4.69, 9.17) is 0 Å². The van der Waals surface area contributed by atoms with Crippen LogP contribution in [0.3, 0.4) is 0 Å². The Morgan fingerprint density at radius 1 is 0.920 bits per heavy atom. The third-order valence-electron chi connectivity index (χ3n) is 4.60. The molecular formula is C21H23NO2S. The highest BCUT2D eigenvalue weighted by Gasteiger charge is 2.27. The van der Waals surface area contributed by atoms with Crippen molar-refractivity contribution in [3.05, 3.63) is 66.2 Å². The Balaban J connectivity index is 1.42. The second kappa shape index (κ2) is 8.86. The standard InChI is InChI=1S/C21H23NO2S/c23-20(13-16-25-19-9-5-2-6-10-19)22-14-11-18(12-15-22)21(24)17-7-3-1-4-8-17/h1-10,18H,11-16H2. The molecule has 0 N–H and O–H groups in total. The van der Waals surface area contributed by atoms with Crippen LogP contribution < -0.4 is 0 Å². The molecule has 3 rings (SSSR count). The van der Waals surface area contributed by atoms with E-state index in [2.05, 4.69) is 12.1 Å². The number of amides is 1. The lowest BCUT2D eigenvalue weighted by atomic mass is 9.89. The van der Waals surface area contributed by atoms with Crippen LogP contribution in [0.25, 0.3) is 0 Å². The summed E-state index contributed by atoms with van der Waals surface area (Å²) in [6.45, 7) is 1.39. The molecule has 2 aromatic carbocycles. The molecule has 1 fully saturated rings. The number of carbonyl (C=O) groups is 2. The molecule has 0 aromatic heterocycles. The van der Waals surface area contributed by atoms with Crippen molar-refractivity contribution in [2.24, 2.45) is 5.92 Å². The minimum Gasteiger partial charge on any atom is -0.343 e. The fourth-order valence-electron chi connectivity index (χ4n) is 3.16. The van der Waals surface area contributed by atoms with Crippen LogP contribution in [0.2, 0.25) is 0 Å². The van der Waals surface area contributed by atoms with Crippen molar-refractivity contribution >= 4 is 23.5 Å². The van der Waals surface area contributed by atoms with E-state index in [0.29, 0.717) is 19.5 Å². The molecule has 25 heavy (non-hydrogen) atoms. The van der Waals surface area contributed by atoms with Gasteiger partial charge < -0.3 is 4.90 Å². The van der Waals surface area contributed by atoms with Gasteiger partial charge in [0, 0.05) is 41.6 Å². The number of nitrogens with zero attached hydrogens (tertiary/aromatic N) is 1.